The molecule has 1 heteroatoms. The summed E-state index contributed by atoms with van der Waals surface area (Å²) in [5.41, 5.74) is 9.40. The van der Waals surface area contributed by atoms with Gasteiger partial charge in [-0.05, 0) is 97.1 Å². The van der Waals surface area contributed by atoms with E-state index in [9.17, 15) is 0 Å². The van der Waals surface area contributed by atoms with Crippen LogP contribution >= 0.6 is 0 Å². The number of rotatable bonds is 5. The van der Waals surface area contributed by atoms with E-state index in [-0.39, 0.29) is 0 Å². The molecule has 0 saturated heterocycles. The van der Waals surface area contributed by atoms with Crippen LogP contribution in [0, 0.1) is 19.8 Å². The van der Waals surface area contributed by atoms with Crippen molar-refractivity contribution in [2.75, 3.05) is 5.32 Å². The van der Waals surface area contributed by atoms with Crippen molar-refractivity contribution in [3.63, 3.8) is 0 Å². The predicted octanol–water partition coefficient (Wildman–Crippen LogP) is 7.80. The lowest BCUT2D eigenvalue weighted by Crippen LogP contribution is -2.17. The highest BCUT2D eigenvalue weighted by molar-refractivity contribution is 5.81. The Kier molecular flexibility index (Phi) is 6.38. The van der Waals surface area contributed by atoms with Gasteiger partial charge in [0.15, 0.2) is 0 Å². The molecule has 1 nitrogen and oxygen atoms in total. The SMILES string of the molecule is Cc1ccc(NC2C=CC(C=C(C3=CCC(C)CC3)c3ccccc3)=CC2)cc1C. The molecule has 0 fully saturated rings. The van der Waals surface area contributed by atoms with Crippen LogP contribution in [0.4, 0.5) is 5.69 Å². The Labute approximate surface area is 181 Å². The van der Waals surface area contributed by atoms with Crippen molar-refractivity contribution in [1.82, 2.24) is 0 Å². The first-order valence-electron chi connectivity index (χ1n) is 11.3. The summed E-state index contributed by atoms with van der Waals surface area (Å²) >= 11 is 0. The molecule has 0 saturated carbocycles. The molecular formula is C29H33N. The Morgan fingerprint density at radius 2 is 1.80 bits per heavy atom. The summed E-state index contributed by atoms with van der Waals surface area (Å²) in [4.78, 5) is 0. The van der Waals surface area contributed by atoms with E-state index >= 15 is 0 Å². The van der Waals surface area contributed by atoms with E-state index < -0.39 is 0 Å². The molecule has 2 aliphatic rings. The summed E-state index contributed by atoms with van der Waals surface area (Å²) in [6.07, 6.45) is 16.5. The van der Waals surface area contributed by atoms with Gasteiger partial charge in [-0.1, -0.05) is 67.6 Å². The fourth-order valence-corrected chi connectivity index (χ4v) is 4.25. The number of aryl methyl sites for hydroxylation is 2. The highest BCUT2D eigenvalue weighted by Gasteiger charge is 2.16. The summed E-state index contributed by atoms with van der Waals surface area (Å²) in [6, 6.07) is 17.8. The van der Waals surface area contributed by atoms with Gasteiger partial charge in [0.25, 0.3) is 0 Å². The molecule has 2 unspecified atom stereocenters. The third-order valence-corrected chi connectivity index (χ3v) is 6.40. The topological polar surface area (TPSA) is 12.0 Å². The maximum atomic E-state index is 3.66. The van der Waals surface area contributed by atoms with Crippen LogP contribution in [0.1, 0.15) is 49.3 Å². The Balaban J connectivity index is 1.52. The Bertz CT molecular complexity index is 1000. The molecule has 2 aromatic rings. The van der Waals surface area contributed by atoms with Crippen LogP contribution in [-0.2, 0) is 0 Å². The highest BCUT2D eigenvalue weighted by Crippen LogP contribution is 2.34. The van der Waals surface area contributed by atoms with Gasteiger partial charge in [-0.3, -0.25) is 0 Å². The monoisotopic (exact) mass is 395 g/mol. The fourth-order valence-electron chi connectivity index (χ4n) is 4.25. The molecule has 154 valence electrons. The smallest absolute Gasteiger partial charge is 0.0482 e. The van der Waals surface area contributed by atoms with Gasteiger partial charge < -0.3 is 5.32 Å². The minimum absolute atomic E-state index is 0.346. The fraction of sp³-hybridized carbons (Fsp3) is 0.310. The number of hydrogen-bond donors (Lipinski definition) is 1. The zero-order chi connectivity index (χ0) is 20.9. The van der Waals surface area contributed by atoms with Crippen molar-refractivity contribution in [3.05, 3.63) is 107 Å². The second kappa shape index (κ2) is 9.34. The van der Waals surface area contributed by atoms with Gasteiger partial charge in [-0.25, -0.2) is 0 Å². The lowest BCUT2D eigenvalue weighted by atomic mass is 9.84. The molecule has 0 heterocycles. The second-order valence-electron chi connectivity index (χ2n) is 8.88. The lowest BCUT2D eigenvalue weighted by Gasteiger charge is -2.22. The third kappa shape index (κ3) is 5.02. The van der Waals surface area contributed by atoms with Gasteiger partial charge in [-0.2, -0.15) is 0 Å². The molecule has 30 heavy (non-hydrogen) atoms. The summed E-state index contributed by atoms with van der Waals surface area (Å²) in [5, 5.41) is 3.66. The average Bonchev–Trinajstić information content (AvgIpc) is 2.77. The van der Waals surface area contributed by atoms with E-state index in [4.69, 9.17) is 0 Å². The molecule has 2 aromatic carbocycles. The molecule has 0 amide bonds. The molecule has 4 rings (SSSR count). The number of allylic oxidation sites excluding steroid dienone is 6. The lowest BCUT2D eigenvalue weighted by molar-refractivity contribution is 0.520. The maximum Gasteiger partial charge on any atom is 0.0482 e. The van der Waals surface area contributed by atoms with Crippen molar-refractivity contribution < 1.29 is 0 Å². The van der Waals surface area contributed by atoms with Gasteiger partial charge in [0, 0.05) is 11.7 Å². The minimum atomic E-state index is 0.346. The first-order chi connectivity index (χ1) is 14.6. The zero-order valence-electron chi connectivity index (χ0n) is 18.5. The Hall–Kier alpha value is -2.80. The molecule has 0 bridgehead atoms. The van der Waals surface area contributed by atoms with Crippen LogP contribution in [-0.4, -0.2) is 6.04 Å². The standard InChI is InChI=1S/C29H33N/c1-21-9-14-26(15-10-21)29(25-7-5-4-6-8-25)20-24-12-17-27(18-13-24)30-28-16-11-22(2)23(3)19-28/h4-8,11-14,16-17,19-21,27,30H,9-10,15,18H2,1-3H3. The van der Waals surface area contributed by atoms with Crippen LogP contribution in [0.5, 0.6) is 0 Å². The number of hydrogen-bond acceptors (Lipinski definition) is 1. The first-order valence-corrected chi connectivity index (χ1v) is 11.3. The minimum Gasteiger partial charge on any atom is -0.379 e. The van der Waals surface area contributed by atoms with Crippen LogP contribution in [0.2, 0.25) is 0 Å². The molecule has 0 aliphatic heterocycles. The molecule has 2 aliphatic carbocycles. The van der Waals surface area contributed by atoms with E-state index in [2.05, 4.69) is 105 Å². The molecular weight excluding hydrogens is 362 g/mol. The summed E-state index contributed by atoms with van der Waals surface area (Å²) < 4.78 is 0. The van der Waals surface area contributed by atoms with Gasteiger partial charge in [0.05, 0.1) is 0 Å². The summed E-state index contributed by atoms with van der Waals surface area (Å²) in [5.74, 6) is 0.803. The largest absolute Gasteiger partial charge is 0.379 e. The molecule has 1 N–H and O–H groups in total. The summed E-state index contributed by atoms with van der Waals surface area (Å²) in [7, 11) is 0. The van der Waals surface area contributed by atoms with Crippen molar-refractivity contribution in [2.45, 2.75) is 52.5 Å². The zero-order valence-corrected chi connectivity index (χ0v) is 18.5. The van der Waals surface area contributed by atoms with E-state index in [0.29, 0.717) is 6.04 Å². The number of anilines is 1. The van der Waals surface area contributed by atoms with Crippen LogP contribution in [0.15, 0.2) is 90.1 Å². The number of nitrogens with one attached hydrogen (secondary N) is 1. The van der Waals surface area contributed by atoms with Crippen LogP contribution < -0.4 is 5.32 Å². The second-order valence-corrected chi connectivity index (χ2v) is 8.88. The van der Waals surface area contributed by atoms with Crippen molar-refractivity contribution in [1.29, 1.82) is 0 Å². The van der Waals surface area contributed by atoms with E-state index in [1.165, 1.54) is 58.4 Å². The molecule has 0 spiro atoms. The average molecular weight is 396 g/mol. The van der Waals surface area contributed by atoms with Gasteiger partial charge >= 0.3 is 0 Å². The van der Waals surface area contributed by atoms with Crippen LogP contribution in [0.3, 0.4) is 0 Å². The maximum absolute atomic E-state index is 3.66. The molecule has 0 radical (unpaired) electrons. The number of benzene rings is 2. The predicted molar refractivity (Wildman–Crippen MR) is 131 cm³/mol. The first kappa shape index (κ1) is 20.5. The van der Waals surface area contributed by atoms with E-state index in [1.807, 2.05) is 0 Å². The normalized spacial score (nSPS) is 21.8. The van der Waals surface area contributed by atoms with Gasteiger partial charge in [-0.15, -0.1) is 0 Å². The van der Waals surface area contributed by atoms with Gasteiger partial charge in [0.2, 0.25) is 0 Å². The van der Waals surface area contributed by atoms with Crippen molar-refractivity contribution in [3.8, 4) is 0 Å². The molecule has 2 atom stereocenters. The van der Waals surface area contributed by atoms with Crippen molar-refractivity contribution >= 4 is 11.3 Å². The van der Waals surface area contributed by atoms with Crippen molar-refractivity contribution in [2.24, 2.45) is 5.92 Å². The van der Waals surface area contributed by atoms with Gasteiger partial charge in [0.1, 0.15) is 0 Å². The van der Waals surface area contributed by atoms with E-state index in [0.717, 1.165) is 12.3 Å². The molecule has 0 aromatic heterocycles. The Morgan fingerprint density at radius 3 is 2.47 bits per heavy atom. The summed E-state index contributed by atoms with van der Waals surface area (Å²) in [6.45, 7) is 6.69. The highest BCUT2D eigenvalue weighted by atomic mass is 14.9. The third-order valence-electron chi connectivity index (χ3n) is 6.40. The van der Waals surface area contributed by atoms with E-state index in [1.54, 1.807) is 0 Å². The Morgan fingerprint density at radius 1 is 0.967 bits per heavy atom. The van der Waals surface area contributed by atoms with Crippen LogP contribution in [0.25, 0.3) is 5.57 Å². The quantitative estimate of drug-likeness (QED) is 0.544.